The minimum Gasteiger partial charge on any atom is -0.480 e. The topological polar surface area (TPSA) is 96.8 Å². The van der Waals surface area contributed by atoms with Gasteiger partial charge in [0, 0.05) is 50.3 Å². The Hall–Kier alpha value is -2.55. The van der Waals surface area contributed by atoms with Crippen molar-refractivity contribution in [2.24, 2.45) is 0 Å². The third-order valence-electron chi connectivity index (χ3n) is 7.56. The van der Waals surface area contributed by atoms with E-state index in [9.17, 15) is 9.90 Å². The minimum atomic E-state index is -0.840. The third-order valence-corrected chi connectivity index (χ3v) is 7.56. The van der Waals surface area contributed by atoms with E-state index in [2.05, 4.69) is 22.4 Å². The van der Waals surface area contributed by atoms with Crippen molar-refractivity contribution in [3.8, 4) is 0 Å². The fraction of sp³-hybridized carbons (Fsp3) is 0.607. The Labute approximate surface area is 213 Å². The maximum Gasteiger partial charge on any atom is 0.325 e. The number of hydrogen-bond donors (Lipinski definition) is 2. The van der Waals surface area contributed by atoms with Crippen LogP contribution in [0.2, 0.25) is 0 Å². The summed E-state index contributed by atoms with van der Waals surface area (Å²) in [6.07, 6.45) is 10.8. The molecule has 0 spiro atoms. The van der Waals surface area contributed by atoms with Gasteiger partial charge in [0.1, 0.15) is 11.9 Å². The average Bonchev–Trinajstić information content (AvgIpc) is 3.37. The molecule has 8 nitrogen and oxygen atoms in total. The number of aliphatic carboxylic acids is 1. The van der Waals surface area contributed by atoms with Crippen LogP contribution in [0.3, 0.4) is 0 Å². The van der Waals surface area contributed by atoms with Gasteiger partial charge in [-0.25, -0.2) is 4.98 Å². The molecule has 3 aliphatic rings. The van der Waals surface area contributed by atoms with Gasteiger partial charge in [-0.3, -0.25) is 14.7 Å². The highest BCUT2D eigenvalue weighted by atomic mass is 16.5. The fourth-order valence-corrected chi connectivity index (χ4v) is 5.66. The first-order valence-corrected chi connectivity index (χ1v) is 13.6. The molecule has 2 aromatic heterocycles. The molecule has 2 saturated heterocycles. The largest absolute Gasteiger partial charge is 0.480 e. The Morgan fingerprint density at radius 3 is 3.03 bits per heavy atom. The van der Waals surface area contributed by atoms with Crippen molar-refractivity contribution in [3.05, 3.63) is 53.0 Å². The number of aryl methyl sites for hydroxylation is 2. The van der Waals surface area contributed by atoms with Gasteiger partial charge in [-0.05, 0) is 75.5 Å². The molecule has 0 radical (unpaired) electrons. The average molecular weight is 495 g/mol. The van der Waals surface area contributed by atoms with Crippen LogP contribution in [0.15, 0.2) is 30.5 Å². The predicted octanol–water partition coefficient (Wildman–Crippen LogP) is 4.32. The lowest BCUT2D eigenvalue weighted by atomic mass is 9.97. The normalized spacial score (nSPS) is 23.1. The van der Waals surface area contributed by atoms with Crippen LogP contribution in [-0.4, -0.2) is 64.9 Å². The van der Waals surface area contributed by atoms with Crippen molar-refractivity contribution in [1.82, 2.24) is 14.9 Å². The lowest BCUT2D eigenvalue weighted by Gasteiger charge is -2.29. The van der Waals surface area contributed by atoms with Crippen LogP contribution in [0.4, 0.5) is 5.82 Å². The highest BCUT2D eigenvalue weighted by Crippen LogP contribution is 2.35. The van der Waals surface area contributed by atoms with E-state index in [1.165, 1.54) is 12.0 Å². The van der Waals surface area contributed by atoms with Crippen LogP contribution in [0.5, 0.6) is 0 Å². The van der Waals surface area contributed by atoms with Gasteiger partial charge in [-0.2, -0.15) is 0 Å². The van der Waals surface area contributed by atoms with Crippen molar-refractivity contribution >= 4 is 11.8 Å². The van der Waals surface area contributed by atoms with Crippen LogP contribution in [-0.2, 0) is 27.1 Å². The lowest BCUT2D eigenvalue weighted by molar-refractivity contribution is -0.143. The Bertz CT molecular complexity index is 1030. The zero-order valence-electron chi connectivity index (χ0n) is 21.0. The lowest BCUT2D eigenvalue weighted by Crippen LogP contribution is -2.35. The number of aromatic nitrogens is 2. The SMILES string of the molecule is O=C(O)[C@H](c1cccnc1C1CCCCO1)N1CC[C@@H](OCCCCc2ccc3c(n2)NCCC3)C1. The van der Waals surface area contributed by atoms with Gasteiger partial charge in [0.2, 0.25) is 0 Å². The molecule has 5 rings (SSSR count). The minimum absolute atomic E-state index is 0.0592. The highest BCUT2D eigenvalue weighted by Gasteiger charge is 2.37. The number of likely N-dealkylation sites (tertiary alicyclic amines) is 1. The van der Waals surface area contributed by atoms with Crippen molar-refractivity contribution < 1.29 is 19.4 Å². The molecule has 5 heterocycles. The molecule has 2 N–H and O–H groups in total. The van der Waals surface area contributed by atoms with Crippen molar-refractivity contribution in [2.45, 2.75) is 76.0 Å². The van der Waals surface area contributed by atoms with Crippen LogP contribution < -0.4 is 5.32 Å². The van der Waals surface area contributed by atoms with E-state index in [1.54, 1.807) is 6.20 Å². The number of carboxylic acids is 1. The quantitative estimate of drug-likeness (QED) is 0.472. The van der Waals surface area contributed by atoms with Gasteiger partial charge in [0.05, 0.1) is 17.9 Å². The molecular weight excluding hydrogens is 456 g/mol. The number of unbranched alkanes of at least 4 members (excludes halogenated alkanes) is 1. The first-order chi connectivity index (χ1) is 17.7. The van der Waals surface area contributed by atoms with Crippen molar-refractivity contribution in [3.63, 3.8) is 0 Å². The summed E-state index contributed by atoms with van der Waals surface area (Å²) in [7, 11) is 0. The molecule has 0 bridgehead atoms. The van der Waals surface area contributed by atoms with Crippen molar-refractivity contribution in [2.75, 3.05) is 38.2 Å². The second-order valence-corrected chi connectivity index (χ2v) is 10.1. The number of nitrogens with one attached hydrogen (secondary N) is 1. The number of hydrogen-bond acceptors (Lipinski definition) is 7. The second kappa shape index (κ2) is 12.1. The number of nitrogens with zero attached hydrogens (tertiary/aromatic N) is 3. The summed E-state index contributed by atoms with van der Waals surface area (Å²) in [4.78, 5) is 23.8. The monoisotopic (exact) mass is 494 g/mol. The second-order valence-electron chi connectivity index (χ2n) is 10.1. The molecule has 2 aromatic rings. The number of anilines is 1. The maximum atomic E-state index is 12.4. The molecule has 2 fully saturated rings. The molecule has 3 aliphatic heterocycles. The number of pyridine rings is 2. The molecule has 0 saturated carbocycles. The summed E-state index contributed by atoms with van der Waals surface area (Å²) in [6.45, 7) is 3.72. The number of fused-ring (bicyclic) bond motifs is 1. The van der Waals surface area contributed by atoms with E-state index >= 15 is 0 Å². The molecule has 0 amide bonds. The first-order valence-electron chi connectivity index (χ1n) is 13.6. The summed E-state index contributed by atoms with van der Waals surface area (Å²) in [5.74, 6) is 0.216. The number of carboxylic acid groups (broad SMARTS) is 1. The maximum absolute atomic E-state index is 12.4. The highest BCUT2D eigenvalue weighted by molar-refractivity contribution is 5.76. The van der Waals surface area contributed by atoms with Crippen LogP contribution in [0.25, 0.3) is 0 Å². The van der Waals surface area contributed by atoms with Gasteiger partial charge in [-0.1, -0.05) is 12.1 Å². The van der Waals surface area contributed by atoms with Gasteiger partial charge in [-0.15, -0.1) is 0 Å². The fourth-order valence-electron chi connectivity index (χ4n) is 5.66. The van der Waals surface area contributed by atoms with E-state index in [-0.39, 0.29) is 12.2 Å². The van der Waals surface area contributed by atoms with Gasteiger partial charge in [0.15, 0.2) is 0 Å². The molecule has 3 atom stereocenters. The summed E-state index contributed by atoms with van der Waals surface area (Å²) < 4.78 is 12.1. The summed E-state index contributed by atoms with van der Waals surface area (Å²) in [6, 6.07) is 7.36. The Morgan fingerprint density at radius 1 is 1.22 bits per heavy atom. The number of ether oxygens (including phenoxy) is 2. The number of carbonyl (C=O) groups is 1. The van der Waals surface area contributed by atoms with Gasteiger partial charge in [0.25, 0.3) is 0 Å². The summed E-state index contributed by atoms with van der Waals surface area (Å²) in [5.41, 5.74) is 3.99. The van der Waals surface area contributed by atoms with E-state index in [0.717, 1.165) is 80.7 Å². The first kappa shape index (κ1) is 25.1. The third kappa shape index (κ3) is 6.05. The molecule has 1 unspecified atom stereocenters. The van der Waals surface area contributed by atoms with E-state index in [4.69, 9.17) is 14.5 Å². The van der Waals surface area contributed by atoms with Gasteiger partial charge < -0.3 is 19.9 Å². The van der Waals surface area contributed by atoms with E-state index in [0.29, 0.717) is 26.3 Å². The summed E-state index contributed by atoms with van der Waals surface area (Å²) >= 11 is 0. The van der Waals surface area contributed by atoms with Crippen LogP contribution in [0.1, 0.15) is 79.6 Å². The molecule has 0 aliphatic carbocycles. The molecule has 0 aromatic carbocycles. The predicted molar refractivity (Wildman–Crippen MR) is 137 cm³/mol. The van der Waals surface area contributed by atoms with E-state index in [1.807, 2.05) is 17.0 Å². The smallest absolute Gasteiger partial charge is 0.325 e. The Kier molecular flexibility index (Phi) is 8.46. The number of rotatable bonds is 10. The Morgan fingerprint density at radius 2 is 2.17 bits per heavy atom. The van der Waals surface area contributed by atoms with Crippen LogP contribution >= 0.6 is 0 Å². The Balaban J connectivity index is 1.11. The summed E-state index contributed by atoms with van der Waals surface area (Å²) in [5, 5.41) is 13.6. The molecule has 8 heteroatoms. The van der Waals surface area contributed by atoms with Crippen LogP contribution in [0, 0.1) is 0 Å². The zero-order chi connectivity index (χ0) is 24.7. The van der Waals surface area contributed by atoms with E-state index < -0.39 is 12.0 Å². The molecule has 194 valence electrons. The molecular formula is C28H38N4O4. The van der Waals surface area contributed by atoms with Gasteiger partial charge >= 0.3 is 5.97 Å². The zero-order valence-corrected chi connectivity index (χ0v) is 21.0. The molecule has 36 heavy (non-hydrogen) atoms. The van der Waals surface area contributed by atoms with Crippen molar-refractivity contribution in [1.29, 1.82) is 0 Å². The standard InChI is InChI=1S/C28H38N4O4/c33-28(34)26(23-9-6-14-29-25(23)24-10-2-4-18-36-24)32-16-13-22(19-32)35-17-3-1-8-21-12-11-20-7-5-15-30-27(20)31-21/h6,9,11-12,14,22,24,26H,1-5,7-8,10,13,15-19H2,(H,30,31)(H,33,34)/t22-,24?,26+/m1/s1.